The fourth-order valence-electron chi connectivity index (χ4n) is 2.81. The molecule has 18 heavy (non-hydrogen) atoms. The maximum absolute atomic E-state index is 9.67. The molecule has 2 rings (SSSR count). The first-order chi connectivity index (χ1) is 8.56. The number of rotatable bonds is 3. The molecule has 2 atom stereocenters. The van der Waals surface area contributed by atoms with Crippen LogP contribution in [-0.4, -0.2) is 17.3 Å². The van der Waals surface area contributed by atoms with E-state index in [1.54, 1.807) is 0 Å². The third kappa shape index (κ3) is 3.33. The quantitative estimate of drug-likeness (QED) is 0.860. The normalized spacial score (nSPS) is 24.2. The third-order valence-electron chi connectivity index (χ3n) is 4.18. The van der Waals surface area contributed by atoms with Gasteiger partial charge < -0.3 is 10.4 Å². The molecule has 1 aromatic rings. The van der Waals surface area contributed by atoms with E-state index in [2.05, 4.69) is 38.2 Å². The summed E-state index contributed by atoms with van der Waals surface area (Å²) in [6, 6.07) is 5.04. The summed E-state index contributed by atoms with van der Waals surface area (Å²) >= 11 is 0. The predicted molar refractivity (Wildman–Crippen MR) is 75.8 cm³/mol. The van der Waals surface area contributed by atoms with Crippen LogP contribution in [0.4, 0.5) is 0 Å². The van der Waals surface area contributed by atoms with Crippen LogP contribution >= 0.6 is 0 Å². The minimum absolute atomic E-state index is 0.0999. The Hall–Kier alpha value is -0.860. The SMILES string of the molecule is Cc1cc(C)c(CNC2CCCC(O)C2)cc1C. The number of aliphatic hydroxyl groups is 1. The summed E-state index contributed by atoms with van der Waals surface area (Å²) in [5, 5.41) is 13.3. The second kappa shape index (κ2) is 5.85. The first-order valence-corrected chi connectivity index (χ1v) is 7.04. The zero-order valence-electron chi connectivity index (χ0n) is 11.8. The van der Waals surface area contributed by atoms with Gasteiger partial charge in [0.15, 0.2) is 0 Å². The summed E-state index contributed by atoms with van der Waals surface area (Å²) in [5.74, 6) is 0. The van der Waals surface area contributed by atoms with Gasteiger partial charge in [0.25, 0.3) is 0 Å². The second-order valence-corrected chi connectivity index (χ2v) is 5.76. The standard InChI is InChI=1S/C16H25NO/c1-11-7-13(3)14(8-12(11)2)10-17-15-5-4-6-16(18)9-15/h7-8,15-18H,4-6,9-10H2,1-3H3. The van der Waals surface area contributed by atoms with Crippen molar-refractivity contribution < 1.29 is 5.11 Å². The smallest absolute Gasteiger partial charge is 0.0555 e. The van der Waals surface area contributed by atoms with Crippen molar-refractivity contribution in [2.45, 2.75) is 65.1 Å². The van der Waals surface area contributed by atoms with E-state index >= 15 is 0 Å². The molecule has 1 saturated carbocycles. The molecule has 2 N–H and O–H groups in total. The molecule has 0 aromatic heterocycles. The Morgan fingerprint density at radius 2 is 1.83 bits per heavy atom. The van der Waals surface area contributed by atoms with E-state index in [1.807, 2.05) is 0 Å². The molecule has 2 unspecified atom stereocenters. The van der Waals surface area contributed by atoms with Crippen LogP contribution in [0.1, 0.15) is 47.9 Å². The molecular formula is C16H25NO. The lowest BCUT2D eigenvalue weighted by Crippen LogP contribution is -2.35. The lowest BCUT2D eigenvalue weighted by Gasteiger charge is -2.27. The van der Waals surface area contributed by atoms with E-state index in [0.717, 1.165) is 25.8 Å². The van der Waals surface area contributed by atoms with Gasteiger partial charge >= 0.3 is 0 Å². The number of aryl methyl sites for hydroxylation is 3. The van der Waals surface area contributed by atoms with E-state index in [1.165, 1.54) is 28.7 Å². The molecule has 100 valence electrons. The minimum Gasteiger partial charge on any atom is -0.393 e. The summed E-state index contributed by atoms with van der Waals surface area (Å²) in [5.41, 5.74) is 5.48. The van der Waals surface area contributed by atoms with Crippen molar-refractivity contribution in [2.24, 2.45) is 0 Å². The average Bonchev–Trinajstić information content (AvgIpc) is 2.32. The summed E-state index contributed by atoms with van der Waals surface area (Å²) in [4.78, 5) is 0. The summed E-state index contributed by atoms with van der Waals surface area (Å²) in [6.07, 6.45) is 4.12. The molecule has 0 spiro atoms. The molecule has 0 radical (unpaired) electrons. The van der Waals surface area contributed by atoms with Gasteiger partial charge in [-0.25, -0.2) is 0 Å². The van der Waals surface area contributed by atoms with E-state index < -0.39 is 0 Å². The highest BCUT2D eigenvalue weighted by Gasteiger charge is 2.19. The van der Waals surface area contributed by atoms with E-state index in [-0.39, 0.29) is 6.10 Å². The maximum atomic E-state index is 9.67. The lowest BCUT2D eigenvalue weighted by atomic mass is 9.92. The molecule has 1 fully saturated rings. The van der Waals surface area contributed by atoms with Gasteiger partial charge in [-0.05, 0) is 68.7 Å². The molecule has 0 amide bonds. The summed E-state index contributed by atoms with van der Waals surface area (Å²) in [6.45, 7) is 7.43. The lowest BCUT2D eigenvalue weighted by molar-refractivity contribution is 0.111. The van der Waals surface area contributed by atoms with E-state index in [0.29, 0.717) is 6.04 Å². The van der Waals surface area contributed by atoms with Crippen LogP contribution in [0.25, 0.3) is 0 Å². The van der Waals surface area contributed by atoms with Crippen molar-refractivity contribution in [1.82, 2.24) is 5.32 Å². The third-order valence-corrected chi connectivity index (χ3v) is 4.18. The minimum atomic E-state index is -0.0999. The van der Waals surface area contributed by atoms with Gasteiger partial charge in [-0.2, -0.15) is 0 Å². The van der Waals surface area contributed by atoms with Crippen LogP contribution in [0.5, 0.6) is 0 Å². The van der Waals surface area contributed by atoms with Gasteiger partial charge in [0.05, 0.1) is 6.10 Å². The van der Waals surface area contributed by atoms with Crippen LogP contribution in [0.3, 0.4) is 0 Å². The Morgan fingerprint density at radius 1 is 1.11 bits per heavy atom. The van der Waals surface area contributed by atoms with Gasteiger partial charge in [0.2, 0.25) is 0 Å². The van der Waals surface area contributed by atoms with Gasteiger partial charge in [-0.1, -0.05) is 12.1 Å². The van der Waals surface area contributed by atoms with Crippen molar-refractivity contribution in [2.75, 3.05) is 0 Å². The summed E-state index contributed by atoms with van der Waals surface area (Å²) < 4.78 is 0. The van der Waals surface area contributed by atoms with Crippen LogP contribution in [-0.2, 0) is 6.54 Å². The number of aliphatic hydroxyl groups excluding tert-OH is 1. The Bertz CT molecular complexity index is 414. The highest BCUT2D eigenvalue weighted by molar-refractivity contribution is 5.36. The second-order valence-electron chi connectivity index (χ2n) is 5.76. The Labute approximate surface area is 110 Å². The van der Waals surface area contributed by atoms with Crippen molar-refractivity contribution in [3.63, 3.8) is 0 Å². The molecule has 1 aromatic carbocycles. The van der Waals surface area contributed by atoms with Crippen LogP contribution in [0.2, 0.25) is 0 Å². The maximum Gasteiger partial charge on any atom is 0.0555 e. The number of nitrogens with one attached hydrogen (secondary N) is 1. The molecule has 1 aliphatic rings. The Morgan fingerprint density at radius 3 is 2.56 bits per heavy atom. The molecule has 2 heteroatoms. The number of benzene rings is 1. The molecule has 0 bridgehead atoms. The van der Waals surface area contributed by atoms with Crippen LogP contribution in [0, 0.1) is 20.8 Å². The fraction of sp³-hybridized carbons (Fsp3) is 0.625. The number of hydrogen-bond acceptors (Lipinski definition) is 2. The first-order valence-electron chi connectivity index (χ1n) is 7.04. The fourth-order valence-corrected chi connectivity index (χ4v) is 2.81. The predicted octanol–water partition coefficient (Wildman–Crippen LogP) is 3.00. The summed E-state index contributed by atoms with van der Waals surface area (Å²) in [7, 11) is 0. The molecule has 0 saturated heterocycles. The van der Waals surface area contributed by atoms with Crippen molar-refractivity contribution in [1.29, 1.82) is 0 Å². The van der Waals surface area contributed by atoms with Gasteiger partial charge in [0, 0.05) is 12.6 Å². The monoisotopic (exact) mass is 247 g/mol. The van der Waals surface area contributed by atoms with Gasteiger partial charge in [0.1, 0.15) is 0 Å². The van der Waals surface area contributed by atoms with Crippen LogP contribution < -0.4 is 5.32 Å². The Kier molecular flexibility index (Phi) is 4.41. The zero-order chi connectivity index (χ0) is 13.1. The van der Waals surface area contributed by atoms with Crippen molar-refractivity contribution >= 4 is 0 Å². The van der Waals surface area contributed by atoms with E-state index in [4.69, 9.17) is 0 Å². The zero-order valence-corrected chi connectivity index (χ0v) is 11.8. The average molecular weight is 247 g/mol. The van der Waals surface area contributed by atoms with Crippen LogP contribution in [0.15, 0.2) is 12.1 Å². The molecule has 0 heterocycles. The van der Waals surface area contributed by atoms with Gasteiger partial charge in [-0.15, -0.1) is 0 Å². The van der Waals surface area contributed by atoms with Crippen molar-refractivity contribution in [3.05, 3.63) is 34.4 Å². The topological polar surface area (TPSA) is 32.3 Å². The molecule has 0 aliphatic heterocycles. The molecule has 2 nitrogen and oxygen atoms in total. The number of hydrogen-bond donors (Lipinski definition) is 2. The molecule has 1 aliphatic carbocycles. The highest BCUT2D eigenvalue weighted by atomic mass is 16.3. The largest absolute Gasteiger partial charge is 0.393 e. The first kappa shape index (κ1) is 13.6. The van der Waals surface area contributed by atoms with Gasteiger partial charge in [-0.3, -0.25) is 0 Å². The van der Waals surface area contributed by atoms with Crippen molar-refractivity contribution in [3.8, 4) is 0 Å². The highest BCUT2D eigenvalue weighted by Crippen LogP contribution is 2.20. The Balaban J connectivity index is 1.95. The van der Waals surface area contributed by atoms with E-state index in [9.17, 15) is 5.11 Å². The molecular weight excluding hydrogens is 222 g/mol.